The number of carbonyl (C=O) groups is 2. The van der Waals surface area contributed by atoms with Crippen molar-refractivity contribution < 1.29 is 14.3 Å². The Kier molecular flexibility index (Phi) is 9.16. The predicted molar refractivity (Wildman–Crippen MR) is 159 cm³/mol. The predicted octanol–water partition coefficient (Wildman–Crippen LogP) is 7.48. The number of urea groups is 1. The molecule has 0 radical (unpaired) electrons. The second-order valence-electron chi connectivity index (χ2n) is 9.21. The lowest BCUT2D eigenvalue weighted by atomic mass is 9.97. The highest BCUT2D eigenvalue weighted by atomic mass is 32.1. The van der Waals surface area contributed by atoms with Crippen molar-refractivity contribution in [3.05, 3.63) is 71.2 Å². The lowest BCUT2D eigenvalue weighted by Crippen LogP contribution is -2.34. The number of aryl methyl sites for hydroxylation is 1. The van der Waals surface area contributed by atoms with Crippen molar-refractivity contribution in [2.75, 3.05) is 10.2 Å². The van der Waals surface area contributed by atoms with Crippen molar-refractivity contribution in [1.29, 1.82) is 0 Å². The van der Waals surface area contributed by atoms with Crippen LogP contribution in [-0.2, 0) is 0 Å². The molecule has 5 N–H and O–H groups in total. The maximum atomic E-state index is 13.0. The number of aromatic nitrogens is 1. The molecular weight excluding hydrogens is 510 g/mol. The van der Waals surface area contributed by atoms with E-state index in [4.69, 9.17) is 16.2 Å². The molecule has 3 heterocycles. The van der Waals surface area contributed by atoms with Gasteiger partial charge >= 0.3 is 6.03 Å². The first-order chi connectivity index (χ1) is 18.9. The number of rotatable bonds is 4. The van der Waals surface area contributed by atoms with Crippen molar-refractivity contribution in [3.63, 3.8) is 0 Å². The molecule has 3 amide bonds. The molecule has 39 heavy (non-hydrogen) atoms. The number of anilines is 3. The van der Waals surface area contributed by atoms with Crippen LogP contribution in [0.3, 0.4) is 0 Å². The van der Waals surface area contributed by atoms with E-state index in [2.05, 4.69) is 10.3 Å². The number of thiophene rings is 1. The normalized spacial score (nSPS) is 14.5. The Hall–Kier alpha value is -3.95. The first kappa shape index (κ1) is 28.1. The number of carbonyl (C=O) groups excluding carboxylic acids is 2. The van der Waals surface area contributed by atoms with Crippen LogP contribution in [-0.4, -0.2) is 23.0 Å². The minimum atomic E-state index is -0.591. The van der Waals surface area contributed by atoms with Gasteiger partial charge in [-0.15, -0.1) is 11.3 Å². The highest BCUT2D eigenvalue weighted by Gasteiger charge is 2.32. The number of primary amides is 1. The third kappa shape index (κ3) is 6.21. The van der Waals surface area contributed by atoms with Crippen LogP contribution in [0.4, 0.5) is 21.9 Å². The largest absolute Gasteiger partial charge is 0.457 e. The van der Waals surface area contributed by atoms with Crippen molar-refractivity contribution in [3.8, 4) is 11.5 Å². The number of nitrogens with one attached hydrogen (secondary N) is 1. The van der Waals surface area contributed by atoms with Gasteiger partial charge < -0.3 is 21.5 Å². The molecular formula is C30H35N5O3S. The molecule has 1 saturated carbocycles. The molecule has 0 atom stereocenters. The average molecular weight is 546 g/mol. The smallest absolute Gasteiger partial charge is 0.331 e. The molecule has 0 unspecified atom stereocenters. The molecule has 6 rings (SSSR count). The summed E-state index contributed by atoms with van der Waals surface area (Å²) in [5.74, 6) is 0.816. The van der Waals surface area contributed by atoms with Gasteiger partial charge in [-0.25, -0.2) is 9.78 Å². The monoisotopic (exact) mass is 545 g/mol. The Labute approximate surface area is 233 Å². The standard InChI is InChI=1S/C22H16N4O3S.C6H13N.C2H6/c1-12-11-14(29-13-5-3-2-4-6-13)7-8-15(12)26-16-9-10-24-21-17(16)18(25-22(26)28)19(30-21)20(23)27;7-6-4-2-1-3-5-6;1-2/h2-11H,1H3,(H2,23,27)(H,25,28);6H,1-5,7H2;1-2H3. The number of amides is 3. The number of nitrogens with zero attached hydrogens (tertiary/aromatic N) is 2. The quantitative estimate of drug-likeness (QED) is 0.245. The third-order valence-electron chi connectivity index (χ3n) is 6.51. The molecule has 0 spiro atoms. The molecule has 4 aromatic rings. The van der Waals surface area contributed by atoms with Gasteiger partial charge in [-0.2, -0.15) is 0 Å². The molecule has 1 aliphatic carbocycles. The summed E-state index contributed by atoms with van der Waals surface area (Å²) in [6.45, 7) is 5.91. The third-order valence-corrected chi connectivity index (χ3v) is 7.62. The maximum Gasteiger partial charge on any atom is 0.331 e. The fourth-order valence-electron chi connectivity index (χ4n) is 4.70. The first-order valence-electron chi connectivity index (χ1n) is 13.3. The SMILES string of the molecule is CC.Cc1cc(Oc2ccccc2)ccc1N1C(=O)Nc2c(C(N)=O)sc3nccc1c23.NC1CCCCC1. The highest BCUT2D eigenvalue weighted by molar-refractivity contribution is 7.21. The molecule has 9 heteroatoms. The van der Waals surface area contributed by atoms with Crippen LogP contribution >= 0.6 is 11.3 Å². The van der Waals surface area contributed by atoms with Crippen molar-refractivity contribution >= 4 is 50.6 Å². The summed E-state index contributed by atoms with van der Waals surface area (Å²) in [6, 6.07) is 17.0. The van der Waals surface area contributed by atoms with Gasteiger partial charge in [0.05, 0.1) is 22.4 Å². The Bertz CT molecular complexity index is 1450. The van der Waals surface area contributed by atoms with E-state index >= 15 is 0 Å². The topological polar surface area (TPSA) is 124 Å². The molecule has 0 bridgehead atoms. The van der Waals surface area contributed by atoms with Crippen LogP contribution < -0.4 is 26.4 Å². The number of ether oxygens (including phenoxy) is 1. The summed E-state index contributed by atoms with van der Waals surface area (Å²) >= 11 is 1.17. The zero-order valence-corrected chi connectivity index (χ0v) is 23.4. The summed E-state index contributed by atoms with van der Waals surface area (Å²) in [5.41, 5.74) is 13.8. The average Bonchev–Trinajstić information content (AvgIpc) is 3.32. The van der Waals surface area contributed by atoms with Crippen LogP contribution in [0, 0.1) is 6.92 Å². The number of para-hydroxylation sites is 1. The van der Waals surface area contributed by atoms with Crippen LogP contribution in [0.25, 0.3) is 10.2 Å². The van der Waals surface area contributed by atoms with E-state index in [1.807, 2.05) is 69.3 Å². The van der Waals surface area contributed by atoms with E-state index < -0.39 is 5.91 Å². The van der Waals surface area contributed by atoms with Crippen LogP contribution in [0.1, 0.15) is 61.2 Å². The fraction of sp³-hybridized carbons (Fsp3) is 0.300. The van der Waals surface area contributed by atoms with Crippen molar-refractivity contribution in [2.24, 2.45) is 11.5 Å². The van der Waals surface area contributed by atoms with Gasteiger partial charge in [0, 0.05) is 12.2 Å². The van der Waals surface area contributed by atoms with Gasteiger partial charge in [0.15, 0.2) is 0 Å². The molecule has 0 saturated heterocycles. The van der Waals surface area contributed by atoms with Gasteiger partial charge in [-0.05, 0) is 61.7 Å². The zero-order chi connectivity index (χ0) is 27.9. The summed E-state index contributed by atoms with van der Waals surface area (Å²) in [7, 11) is 0. The van der Waals surface area contributed by atoms with Gasteiger partial charge in [-0.3, -0.25) is 9.69 Å². The van der Waals surface area contributed by atoms with Crippen LogP contribution in [0.15, 0.2) is 60.8 Å². The molecule has 1 aliphatic heterocycles. The zero-order valence-electron chi connectivity index (χ0n) is 22.6. The van der Waals surface area contributed by atoms with E-state index in [1.54, 1.807) is 17.2 Å². The number of hydrogen-bond donors (Lipinski definition) is 3. The van der Waals surface area contributed by atoms with Gasteiger partial charge in [0.1, 0.15) is 21.2 Å². The number of pyridine rings is 1. The van der Waals surface area contributed by atoms with E-state index in [0.717, 1.165) is 11.3 Å². The molecule has 2 aromatic carbocycles. The summed E-state index contributed by atoms with van der Waals surface area (Å²) < 4.78 is 5.89. The lowest BCUT2D eigenvalue weighted by molar-refractivity contribution is 0.100. The van der Waals surface area contributed by atoms with Crippen LogP contribution in [0.5, 0.6) is 11.5 Å². The van der Waals surface area contributed by atoms with E-state index in [1.165, 1.54) is 43.4 Å². The Morgan fingerprint density at radius 1 is 1.03 bits per heavy atom. The van der Waals surface area contributed by atoms with E-state index in [-0.39, 0.29) is 6.03 Å². The molecule has 2 aliphatic rings. The summed E-state index contributed by atoms with van der Waals surface area (Å²) in [5, 5.41) is 3.52. The van der Waals surface area contributed by atoms with Crippen molar-refractivity contribution in [1.82, 2.24) is 4.98 Å². The molecule has 8 nitrogen and oxygen atoms in total. The van der Waals surface area contributed by atoms with Crippen molar-refractivity contribution in [2.45, 2.75) is 58.9 Å². The Morgan fingerprint density at radius 3 is 2.36 bits per heavy atom. The minimum Gasteiger partial charge on any atom is -0.457 e. The second-order valence-corrected chi connectivity index (χ2v) is 10.2. The number of hydrogen-bond acceptors (Lipinski definition) is 6. The highest BCUT2D eigenvalue weighted by Crippen LogP contribution is 2.46. The van der Waals surface area contributed by atoms with Gasteiger partial charge in [0.25, 0.3) is 5.91 Å². The fourth-order valence-corrected chi connectivity index (χ4v) is 5.67. The van der Waals surface area contributed by atoms with Crippen LogP contribution in [0.2, 0.25) is 0 Å². The Morgan fingerprint density at radius 2 is 1.74 bits per heavy atom. The Balaban J connectivity index is 0.000000338. The lowest BCUT2D eigenvalue weighted by Gasteiger charge is -2.29. The summed E-state index contributed by atoms with van der Waals surface area (Å²) in [6.07, 6.45) is 8.28. The molecule has 1 fully saturated rings. The summed E-state index contributed by atoms with van der Waals surface area (Å²) in [4.78, 5) is 31.7. The molecule has 204 valence electrons. The van der Waals surface area contributed by atoms with Gasteiger partial charge in [-0.1, -0.05) is 51.3 Å². The van der Waals surface area contributed by atoms with Gasteiger partial charge in [0.2, 0.25) is 0 Å². The first-order valence-corrected chi connectivity index (χ1v) is 14.2. The number of benzene rings is 2. The van der Waals surface area contributed by atoms with E-state index in [0.29, 0.717) is 43.9 Å². The molecule has 2 aromatic heterocycles. The number of nitrogens with two attached hydrogens (primary N) is 2. The minimum absolute atomic E-state index is 0.293. The second kappa shape index (κ2) is 12.7. The van der Waals surface area contributed by atoms with E-state index in [9.17, 15) is 9.59 Å². The maximum absolute atomic E-state index is 13.0.